The van der Waals surface area contributed by atoms with Crippen LogP contribution in [0.5, 0.6) is 0 Å². The lowest BCUT2D eigenvalue weighted by Crippen LogP contribution is -2.66. The molecule has 7 rings (SSSR count). The number of hydrogen-bond donors (Lipinski definition) is 1. The van der Waals surface area contributed by atoms with Crippen LogP contribution in [0.4, 0.5) is 26.3 Å². The first-order valence-corrected chi connectivity index (χ1v) is 18.5. The minimum atomic E-state index is -4.75. The minimum absolute atomic E-state index is 0.0337. The molecule has 1 atom stereocenters. The van der Waals surface area contributed by atoms with Crippen molar-refractivity contribution in [3.05, 3.63) is 83.2 Å². The molecular weight excluding hydrogens is 732 g/mol. The van der Waals surface area contributed by atoms with Crippen LogP contribution in [0.2, 0.25) is 0 Å². The summed E-state index contributed by atoms with van der Waals surface area (Å²) in [5.74, 6) is -3.81. The SMILES string of the molecule is O=C(NS(=O)(=O)c1cccc(C2CCOCC2)c1)[C@@H]1CN(C(=O)c2cnn(Cc3ccc(C(F)(F)F)cc3)c2)CC12CN(C(=O)C1(C(F)(F)F)CC1)C2. The zero-order valence-corrected chi connectivity index (χ0v) is 28.9. The normalized spacial score (nSPS) is 21.4. The molecule has 4 aliphatic rings. The van der Waals surface area contributed by atoms with E-state index in [1.54, 1.807) is 12.1 Å². The van der Waals surface area contributed by atoms with Gasteiger partial charge in [0.1, 0.15) is 5.41 Å². The molecule has 0 radical (unpaired) electrons. The van der Waals surface area contributed by atoms with E-state index in [2.05, 4.69) is 9.82 Å². The maximum Gasteiger partial charge on any atom is 0.416 e. The monoisotopic (exact) mass is 767 g/mol. The van der Waals surface area contributed by atoms with Gasteiger partial charge in [0.25, 0.3) is 15.9 Å². The van der Waals surface area contributed by atoms with Crippen LogP contribution in [0.15, 0.2) is 65.8 Å². The number of nitrogens with zero attached hydrogens (tertiary/aromatic N) is 4. The molecule has 0 bridgehead atoms. The maximum absolute atomic E-state index is 13.9. The summed E-state index contributed by atoms with van der Waals surface area (Å²) in [6.07, 6.45) is -5.97. The Morgan fingerprint density at radius 3 is 2.21 bits per heavy atom. The Labute approximate surface area is 300 Å². The molecule has 284 valence electrons. The van der Waals surface area contributed by atoms with Crippen molar-refractivity contribution in [3.63, 3.8) is 0 Å². The van der Waals surface area contributed by atoms with Gasteiger partial charge in [-0.05, 0) is 67.0 Å². The van der Waals surface area contributed by atoms with Crippen molar-refractivity contribution in [2.24, 2.45) is 16.7 Å². The molecule has 0 unspecified atom stereocenters. The number of halogens is 6. The molecular formula is C35H35F6N5O6S. The second-order valence-electron chi connectivity index (χ2n) is 14.4. The largest absolute Gasteiger partial charge is 0.416 e. The van der Waals surface area contributed by atoms with Crippen molar-refractivity contribution in [1.82, 2.24) is 24.3 Å². The Hall–Kier alpha value is -4.45. The molecule has 18 heteroatoms. The highest BCUT2D eigenvalue weighted by Crippen LogP contribution is 2.60. The summed E-state index contributed by atoms with van der Waals surface area (Å²) in [6.45, 7) is 0.0543. The summed E-state index contributed by atoms with van der Waals surface area (Å²) in [7, 11) is -4.42. The fraction of sp³-hybridized carbons (Fsp3) is 0.486. The fourth-order valence-corrected chi connectivity index (χ4v) is 8.74. The van der Waals surface area contributed by atoms with E-state index < -0.39 is 62.4 Å². The van der Waals surface area contributed by atoms with Crippen LogP contribution in [0, 0.1) is 16.7 Å². The first-order chi connectivity index (χ1) is 24.9. The molecule has 53 heavy (non-hydrogen) atoms. The third-order valence-electron chi connectivity index (χ3n) is 10.9. The zero-order valence-electron chi connectivity index (χ0n) is 28.1. The van der Waals surface area contributed by atoms with Crippen molar-refractivity contribution in [2.75, 3.05) is 39.4 Å². The van der Waals surface area contributed by atoms with Crippen LogP contribution in [0.3, 0.4) is 0 Å². The zero-order chi connectivity index (χ0) is 38.0. The highest BCUT2D eigenvalue weighted by Gasteiger charge is 2.71. The Kier molecular flexibility index (Phi) is 9.15. The molecule has 3 amide bonds. The quantitative estimate of drug-likeness (QED) is 0.332. The van der Waals surface area contributed by atoms with Gasteiger partial charge in [-0.3, -0.25) is 19.1 Å². The minimum Gasteiger partial charge on any atom is -0.381 e. The number of amides is 3. The topological polar surface area (TPSA) is 131 Å². The molecule has 4 fully saturated rings. The number of aromatic nitrogens is 2. The molecule has 4 heterocycles. The van der Waals surface area contributed by atoms with Gasteiger partial charge in [0.2, 0.25) is 11.8 Å². The highest BCUT2D eigenvalue weighted by atomic mass is 32.2. The summed E-state index contributed by atoms with van der Waals surface area (Å²) >= 11 is 0. The summed E-state index contributed by atoms with van der Waals surface area (Å²) in [4.78, 5) is 42.8. The van der Waals surface area contributed by atoms with E-state index in [4.69, 9.17) is 4.74 Å². The summed E-state index contributed by atoms with van der Waals surface area (Å²) in [6, 6.07) is 10.6. The smallest absolute Gasteiger partial charge is 0.381 e. The van der Waals surface area contributed by atoms with E-state index >= 15 is 0 Å². The van der Waals surface area contributed by atoms with Gasteiger partial charge in [0.05, 0.1) is 34.7 Å². The average Bonchev–Trinajstić information content (AvgIpc) is 3.64. The van der Waals surface area contributed by atoms with E-state index in [9.17, 15) is 49.1 Å². The Bertz CT molecular complexity index is 2020. The summed E-state index contributed by atoms with van der Waals surface area (Å²) < 4.78 is 116. The first-order valence-electron chi connectivity index (χ1n) is 17.0. The molecule has 1 aromatic heterocycles. The lowest BCUT2D eigenvalue weighted by molar-refractivity contribution is -0.205. The summed E-state index contributed by atoms with van der Waals surface area (Å²) in [5, 5.41) is 4.14. The van der Waals surface area contributed by atoms with Crippen molar-refractivity contribution < 1.29 is 53.9 Å². The van der Waals surface area contributed by atoms with E-state index in [1.807, 2.05) is 0 Å². The standard InChI is InChI=1S/C35H35F6N5O6S/c36-34(37,38)26-6-4-22(5-7-26)16-46-17-25(15-42-46)30(48)44-18-28(32(19-44)20-45(21-32)31(49)33(10-11-33)35(39,40)41)29(47)43-53(50,51)27-3-1-2-24(14-27)23-8-12-52-13-9-23/h1-7,14-15,17,23,28H,8-13,16,18-21H2,(H,43,47)/t28-/m0/s1. The molecule has 3 saturated heterocycles. The average molecular weight is 768 g/mol. The number of alkyl halides is 6. The second kappa shape index (κ2) is 13.1. The number of carbonyl (C=O) groups excluding carboxylic acids is 3. The summed E-state index contributed by atoms with van der Waals surface area (Å²) in [5.41, 5.74) is -3.23. The number of rotatable bonds is 8. The number of sulfonamides is 1. The molecule has 3 aliphatic heterocycles. The number of likely N-dealkylation sites (tertiary alicyclic amines) is 2. The van der Waals surface area contributed by atoms with Crippen molar-refractivity contribution in [1.29, 1.82) is 0 Å². The second-order valence-corrected chi connectivity index (χ2v) is 16.1. The number of nitrogens with one attached hydrogen (secondary N) is 1. The van der Waals surface area contributed by atoms with Gasteiger partial charge in [0.15, 0.2) is 0 Å². The van der Waals surface area contributed by atoms with Crippen LogP contribution >= 0.6 is 0 Å². The molecule has 3 aromatic rings. The van der Waals surface area contributed by atoms with Gasteiger partial charge < -0.3 is 14.5 Å². The van der Waals surface area contributed by atoms with Gasteiger partial charge in [-0.15, -0.1) is 0 Å². The molecule has 2 aromatic carbocycles. The molecule has 1 spiro atoms. The Morgan fingerprint density at radius 1 is 0.925 bits per heavy atom. The fourth-order valence-electron chi connectivity index (χ4n) is 7.67. The van der Waals surface area contributed by atoms with Gasteiger partial charge in [0, 0.05) is 51.0 Å². The third kappa shape index (κ3) is 7.02. The van der Waals surface area contributed by atoms with Crippen LogP contribution in [-0.2, 0) is 37.1 Å². The van der Waals surface area contributed by atoms with Crippen molar-refractivity contribution >= 4 is 27.7 Å². The van der Waals surface area contributed by atoms with Crippen LogP contribution in [-0.4, -0.2) is 91.3 Å². The molecule has 1 N–H and O–H groups in total. The number of ether oxygens (including phenoxy) is 1. The predicted molar refractivity (Wildman–Crippen MR) is 173 cm³/mol. The van der Waals surface area contributed by atoms with E-state index in [1.165, 1.54) is 46.2 Å². The van der Waals surface area contributed by atoms with Gasteiger partial charge in [-0.1, -0.05) is 24.3 Å². The van der Waals surface area contributed by atoms with E-state index in [-0.39, 0.29) is 61.9 Å². The lowest BCUT2D eigenvalue weighted by atomic mass is 9.70. The van der Waals surface area contributed by atoms with E-state index in [0.29, 0.717) is 31.6 Å². The Morgan fingerprint density at radius 2 is 1.58 bits per heavy atom. The van der Waals surface area contributed by atoms with Gasteiger partial charge in [-0.2, -0.15) is 31.4 Å². The Balaban J connectivity index is 1.09. The van der Waals surface area contributed by atoms with Gasteiger partial charge >= 0.3 is 12.4 Å². The van der Waals surface area contributed by atoms with Crippen LogP contribution in [0.1, 0.15) is 58.6 Å². The number of benzene rings is 2. The van der Waals surface area contributed by atoms with Gasteiger partial charge in [-0.25, -0.2) is 13.1 Å². The van der Waals surface area contributed by atoms with Crippen molar-refractivity contribution in [2.45, 2.75) is 55.4 Å². The van der Waals surface area contributed by atoms with Crippen LogP contribution in [0.25, 0.3) is 0 Å². The lowest BCUT2D eigenvalue weighted by Gasteiger charge is -2.51. The predicted octanol–water partition coefficient (Wildman–Crippen LogP) is 4.59. The highest BCUT2D eigenvalue weighted by molar-refractivity contribution is 7.90. The number of hydrogen-bond acceptors (Lipinski definition) is 7. The number of carbonyl (C=O) groups is 3. The molecule has 11 nitrogen and oxygen atoms in total. The first kappa shape index (κ1) is 36.9. The van der Waals surface area contributed by atoms with Crippen molar-refractivity contribution in [3.8, 4) is 0 Å². The van der Waals surface area contributed by atoms with E-state index in [0.717, 1.165) is 22.6 Å². The molecule has 1 saturated carbocycles. The van der Waals surface area contributed by atoms with Crippen LogP contribution < -0.4 is 4.72 Å². The molecule has 1 aliphatic carbocycles. The third-order valence-corrected chi connectivity index (χ3v) is 12.2. The maximum atomic E-state index is 13.9.